The molecule has 1 aromatic rings. The first-order valence-electron chi connectivity index (χ1n) is 8.21. The molecule has 0 aliphatic carbocycles. The SMILES string of the molecule is CC(C)(C)OC(=O)N[C@@H](CN1CCCCC1)c1ccccc1. The number of benzene rings is 1. The summed E-state index contributed by atoms with van der Waals surface area (Å²) in [5, 5.41) is 3.03. The minimum absolute atomic E-state index is 0.0332. The minimum Gasteiger partial charge on any atom is -0.444 e. The van der Waals surface area contributed by atoms with Gasteiger partial charge in [-0.2, -0.15) is 0 Å². The Morgan fingerprint density at radius 3 is 2.41 bits per heavy atom. The lowest BCUT2D eigenvalue weighted by Gasteiger charge is -2.31. The van der Waals surface area contributed by atoms with Gasteiger partial charge >= 0.3 is 6.09 Å². The van der Waals surface area contributed by atoms with Crippen LogP contribution >= 0.6 is 0 Å². The maximum atomic E-state index is 12.1. The van der Waals surface area contributed by atoms with E-state index >= 15 is 0 Å². The van der Waals surface area contributed by atoms with Gasteiger partial charge in [0.15, 0.2) is 0 Å². The second-order valence-electron chi connectivity index (χ2n) is 6.97. The third kappa shape index (κ3) is 5.68. The van der Waals surface area contributed by atoms with Crippen molar-refractivity contribution in [2.45, 2.75) is 51.7 Å². The maximum absolute atomic E-state index is 12.1. The molecule has 1 aromatic carbocycles. The quantitative estimate of drug-likeness (QED) is 0.921. The van der Waals surface area contributed by atoms with Crippen LogP contribution in [0.5, 0.6) is 0 Å². The highest BCUT2D eigenvalue weighted by Gasteiger charge is 2.23. The van der Waals surface area contributed by atoms with Crippen LogP contribution in [0.15, 0.2) is 30.3 Å². The fourth-order valence-electron chi connectivity index (χ4n) is 2.77. The first-order valence-corrected chi connectivity index (χ1v) is 8.21. The summed E-state index contributed by atoms with van der Waals surface area (Å²) in [4.78, 5) is 14.6. The molecule has 0 bridgehead atoms. The molecule has 122 valence electrons. The van der Waals surface area contributed by atoms with Crippen LogP contribution in [0.3, 0.4) is 0 Å². The summed E-state index contributed by atoms with van der Waals surface area (Å²) in [5.41, 5.74) is 0.648. The summed E-state index contributed by atoms with van der Waals surface area (Å²) in [6.07, 6.45) is 3.45. The Balaban J connectivity index is 2.03. The number of rotatable bonds is 4. The molecule has 0 unspecified atom stereocenters. The standard InChI is InChI=1S/C18H28N2O2/c1-18(2,3)22-17(21)19-16(15-10-6-4-7-11-15)14-20-12-8-5-9-13-20/h4,6-7,10-11,16H,5,8-9,12-14H2,1-3H3,(H,19,21)/t16-/m0/s1. The molecule has 0 aromatic heterocycles. The second-order valence-corrected chi connectivity index (χ2v) is 6.97. The molecule has 22 heavy (non-hydrogen) atoms. The number of nitrogens with one attached hydrogen (secondary N) is 1. The Kier molecular flexibility index (Phi) is 5.83. The monoisotopic (exact) mass is 304 g/mol. The van der Waals surface area contributed by atoms with Crippen molar-refractivity contribution in [2.24, 2.45) is 0 Å². The normalized spacial score (nSPS) is 17.8. The third-order valence-corrected chi connectivity index (χ3v) is 3.78. The number of hydrogen-bond acceptors (Lipinski definition) is 3. The van der Waals surface area contributed by atoms with Crippen LogP contribution in [0.1, 0.15) is 51.6 Å². The average Bonchev–Trinajstić information content (AvgIpc) is 2.47. The van der Waals surface area contributed by atoms with Gasteiger partial charge in [-0.3, -0.25) is 0 Å². The Hall–Kier alpha value is -1.55. The van der Waals surface area contributed by atoms with Crippen molar-refractivity contribution in [1.29, 1.82) is 0 Å². The largest absolute Gasteiger partial charge is 0.444 e. The number of ether oxygens (including phenoxy) is 1. The maximum Gasteiger partial charge on any atom is 0.408 e. The highest BCUT2D eigenvalue weighted by atomic mass is 16.6. The molecule has 0 radical (unpaired) electrons. The zero-order valence-electron chi connectivity index (χ0n) is 14.0. The van der Waals surface area contributed by atoms with Gasteiger partial charge in [0.25, 0.3) is 0 Å². The number of hydrogen-bond donors (Lipinski definition) is 1. The van der Waals surface area contributed by atoms with Crippen LogP contribution < -0.4 is 5.32 Å². The summed E-state index contributed by atoms with van der Waals surface area (Å²) < 4.78 is 5.41. The number of piperidine rings is 1. The van der Waals surface area contributed by atoms with E-state index in [1.165, 1.54) is 19.3 Å². The number of carbonyl (C=O) groups excluding carboxylic acids is 1. The predicted octanol–water partition coefficient (Wildman–Crippen LogP) is 3.74. The van der Waals surface area contributed by atoms with Gasteiger partial charge in [-0.1, -0.05) is 36.8 Å². The van der Waals surface area contributed by atoms with E-state index in [0.29, 0.717) is 0 Å². The summed E-state index contributed by atoms with van der Waals surface area (Å²) in [7, 11) is 0. The van der Waals surface area contributed by atoms with Gasteiger partial charge in [-0.15, -0.1) is 0 Å². The molecule has 4 heteroatoms. The van der Waals surface area contributed by atoms with Crippen molar-refractivity contribution in [2.75, 3.05) is 19.6 Å². The van der Waals surface area contributed by atoms with E-state index in [0.717, 1.165) is 25.2 Å². The highest BCUT2D eigenvalue weighted by molar-refractivity contribution is 5.68. The van der Waals surface area contributed by atoms with Crippen molar-refractivity contribution >= 4 is 6.09 Å². The molecule has 1 atom stereocenters. The molecular formula is C18H28N2O2. The lowest BCUT2D eigenvalue weighted by atomic mass is 10.0. The van der Waals surface area contributed by atoms with E-state index in [4.69, 9.17) is 4.74 Å². The van der Waals surface area contributed by atoms with Crippen LogP contribution in [-0.4, -0.2) is 36.2 Å². The topological polar surface area (TPSA) is 41.6 Å². The summed E-state index contributed by atoms with van der Waals surface area (Å²) >= 11 is 0. The minimum atomic E-state index is -0.476. The molecule has 0 saturated carbocycles. The fourth-order valence-corrected chi connectivity index (χ4v) is 2.77. The van der Waals surface area contributed by atoms with Crippen LogP contribution in [-0.2, 0) is 4.74 Å². The van der Waals surface area contributed by atoms with Gasteiger partial charge in [0, 0.05) is 6.54 Å². The average molecular weight is 304 g/mol. The van der Waals surface area contributed by atoms with Gasteiger partial charge in [0.2, 0.25) is 0 Å². The lowest BCUT2D eigenvalue weighted by molar-refractivity contribution is 0.0487. The Morgan fingerprint density at radius 1 is 1.18 bits per heavy atom. The highest BCUT2D eigenvalue weighted by Crippen LogP contribution is 2.18. The Bertz CT molecular complexity index is 462. The van der Waals surface area contributed by atoms with Crippen LogP contribution in [0.2, 0.25) is 0 Å². The lowest BCUT2D eigenvalue weighted by Crippen LogP contribution is -2.42. The molecule has 1 amide bonds. The summed E-state index contributed by atoms with van der Waals surface area (Å²) in [6.45, 7) is 8.71. The molecule has 2 rings (SSSR count). The van der Waals surface area contributed by atoms with E-state index in [1.807, 2.05) is 39.0 Å². The molecule has 1 N–H and O–H groups in total. The molecule has 1 fully saturated rings. The van der Waals surface area contributed by atoms with Gasteiger partial charge in [-0.05, 0) is 52.3 Å². The molecule has 1 heterocycles. The number of amides is 1. The molecule has 1 aliphatic heterocycles. The number of nitrogens with zero attached hydrogens (tertiary/aromatic N) is 1. The molecule has 1 aliphatic rings. The Morgan fingerprint density at radius 2 is 1.82 bits per heavy atom. The zero-order chi connectivity index (χ0) is 16.0. The first-order chi connectivity index (χ1) is 10.4. The summed E-state index contributed by atoms with van der Waals surface area (Å²) in [6, 6.07) is 10.1. The van der Waals surface area contributed by atoms with E-state index < -0.39 is 5.60 Å². The zero-order valence-corrected chi connectivity index (χ0v) is 14.0. The van der Waals surface area contributed by atoms with Crippen molar-refractivity contribution in [3.63, 3.8) is 0 Å². The van der Waals surface area contributed by atoms with Gasteiger partial charge < -0.3 is 15.0 Å². The van der Waals surface area contributed by atoms with Gasteiger partial charge in [-0.25, -0.2) is 4.79 Å². The van der Waals surface area contributed by atoms with E-state index in [1.54, 1.807) is 0 Å². The van der Waals surface area contributed by atoms with Crippen molar-refractivity contribution in [1.82, 2.24) is 10.2 Å². The Labute approximate surface area is 133 Å². The van der Waals surface area contributed by atoms with Gasteiger partial charge in [0.1, 0.15) is 5.60 Å². The molecular weight excluding hydrogens is 276 g/mol. The first kappa shape index (κ1) is 16.8. The predicted molar refractivity (Wildman–Crippen MR) is 88.8 cm³/mol. The smallest absolute Gasteiger partial charge is 0.408 e. The van der Waals surface area contributed by atoms with Crippen molar-refractivity contribution in [3.8, 4) is 0 Å². The van der Waals surface area contributed by atoms with Crippen molar-refractivity contribution < 1.29 is 9.53 Å². The van der Waals surface area contributed by atoms with Crippen LogP contribution in [0.25, 0.3) is 0 Å². The van der Waals surface area contributed by atoms with E-state index in [2.05, 4.69) is 22.3 Å². The van der Waals surface area contributed by atoms with Crippen molar-refractivity contribution in [3.05, 3.63) is 35.9 Å². The number of alkyl carbamates (subject to hydrolysis) is 1. The van der Waals surface area contributed by atoms with Crippen LogP contribution in [0.4, 0.5) is 4.79 Å². The van der Waals surface area contributed by atoms with Crippen LogP contribution in [0, 0.1) is 0 Å². The fraction of sp³-hybridized carbons (Fsp3) is 0.611. The van der Waals surface area contributed by atoms with Gasteiger partial charge in [0.05, 0.1) is 6.04 Å². The number of likely N-dealkylation sites (tertiary alicyclic amines) is 1. The third-order valence-electron chi connectivity index (χ3n) is 3.78. The van der Waals surface area contributed by atoms with E-state index in [9.17, 15) is 4.79 Å². The summed E-state index contributed by atoms with van der Waals surface area (Å²) in [5.74, 6) is 0. The molecule has 1 saturated heterocycles. The number of carbonyl (C=O) groups is 1. The second kappa shape index (κ2) is 7.63. The van der Waals surface area contributed by atoms with E-state index in [-0.39, 0.29) is 12.1 Å². The molecule has 4 nitrogen and oxygen atoms in total. The molecule has 0 spiro atoms.